The Kier molecular flexibility index (Phi) is 5.51. The third kappa shape index (κ3) is 4.18. The number of tetrazole rings is 1. The van der Waals surface area contributed by atoms with Crippen molar-refractivity contribution in [2.75, 3.05) is 13.2 Å². The van der Waals surface area contributed by atoms with Gasteiger partial charge in [0.1, 0.15) is 6.61 Å². The van der Waals surface area contributed by atoms with Crippen molar-refractivity contribution in [3.8, 4) is 11.6 Å². The molecule has 0 N–H and O–H groups in total. The van der Waals surface area contributed by atoms with Crippen LogP contribution in [0, 0.1) is 0 Å². The monoisotopic (exact) mass is 472 g/mol. The Bertz CT molecular complexity index is 1330. The number of benzene rings is 1. The van der Waals surface area contributed by atoms with Gasteiger partial charge in [0.2, 0.25) is 5.88 Å². The highest BCUT2D eigenvalue weighted by atomic mass is 16.5. The molecule has 35 heavy (non-hydrogen) atoms. The van der Waals surface area contributed by atoms with Gasteiger partial charge < -0.3 is 4.74 Å². The van der Waals surface area contributed by atoms with Gasteiger partial charge in [0.05, 0.1) is 24.0 Å². The maximum Gasteiger partial charge on any atom is 0.220 e. The van der Waals surface area contributed by atoms with Crippen molar-refractivity contribution in [1.82, 2.24) is 39.9 Å². The van der Waals surface area contributed by atoms with Crippen molar-refractivity contribution in [1.29, 1.82) is 0 Å². The number of pyridine rings is 1. The van der Waals surface area contributed by atoms with Crippen LogP contribution in [0.15, 0.2) is 36.4 Å². The van der Waals surface area contributed by atoms with E-state index < -0.39 is 0 Å². The zero-order chi connectivity index (χ0) is 24.0. The molecule has 1 saturated carbocycles. The lowest BCUT2D eigenvalue weighted by atomic mass is 9.90. The van der Waals surface area contributed by atoms with Gasteiger partial charge in [0.25, 0.3) is 0 Å². The SMILES string of the molecule is CC(C)(C)c1nn(-c2ccccc2)c2nc3c(cc12)CN(Cc1nnnn1C1CCCC1)CCO3. The molecule has 3 aromatic heterocycles. The molecule has 1 aliphatic heterocycles. The average Bonchev–Trinajstić information content (AvgIpc) is 3.56. The molecule has 1 aliphatic carbocycles. The first-order valence-corrected chi connectivity index (χ1v) is 12.6. The lowest BCUT2D eigenvalue weighted by Crippen LogP contribution is -2.27. The second-order valence-electron chi connectivity index (χ2n) is 10.7. The number of hydrogen-bond acceptors (Lipinski definition) is 7. The number of nitrogens with zero attached hydrogens (tertiary/aromatic N) is 8. The Morgan fingerprint density at radius 3 is 2.66 bits per heavy atom. The zero-order valence-electron chi connectivity index (χ0n) is 20.7. The van der Waals surface area contributed by atoms with Crippen molar-refractivity contribution in [3.63, 3.8) is 0 Å². The number of aromatic nitrogens is 7. The molecule has 6 rings (SSSR count). The van der Waals surface area contributed by atoms with E-state index in [1.54, 1.807) is 0 Å². The molecule has 0 amide bonds. The third-order valence-corrected chi connectivity index (χ3v) is 7.05. The van der Waals surface area contributed by atoms with Gasteiger partial charge >= 0.3 is 0 Å². The average molecular weight is 473 g/mol. The van der Waals surface area contributed by atoms with E-state index in [1.807, 2.05) is 27.6 Å². The van der Waals surface area contributed by atoms with Crippen LogP contribution in [0.2, 0.25) is 0 Å². The van der Waals surface area contributed by atoms with Crippen LogP contribution in [0.1, 0.15) is 69.6 Å². The summed E-state index contributed by atoms with van der Waals surface area (Å²) in [6.07, 6.45) is 4.83. The molecule has 9 heteroatoms. The maximum atomic E-state index is 6.17. The predicted molar refractivity (Wildman–Crippen MR) is 132 cm³/mol. The Morgan fingerprint density at radius 1 is 1.09 bits per heavy atom. The first-order valence-electron chi connectivity index (χ1n) is 12.6. The summed E-state index contributed by atoms with van der Waals surface area (Å²) in [5, 5.41) is 18.8. The molecule has 4 aromatic rings. The number of ether oxygens (including phenoxy) is 1. The van der Waals surface area contributed by atoms with E-state index in [-0.39, 0.29) is 5.41 Å². The van der Waals surface area contributed by atoms with Crippen molar-refractivity contribution in [3.05, 3.63) is 53.5 Å². The van der Waals surface area contributed by atoms with Crippen LogP contribution in [0.3, 0.4) is 0 Å². The molecule has 1 aromatic carbocycles. The minimum Gasteiger partial charge on any atom is -0.476 e. The van der Waals surface area contributed by atoms with Crippen LogP contribution >= 0.6 is 0 Å². The van der Waals surface area contributed by atoms with Crippen LogP contribution in [-0.4, -0.2) is 53.0 Å². The van der Waals surface area contributed by atoms with E-state index in [0.29, 0.717) is 25.1 Å². The van der Waals surface area contributed by atoms with Crippen molar-refractivity contribution >= 4 is 11.0 Å². The van der Waals surface area contributed by atoms with Gasteiger partial charge in [-0.3, -0.25) is 4.90 Å². The lowest BCUT2D eigenvalue weighted by molar-refractivity contribution is 0.208. The van der Waals surface area contributed by atoms with E-state index >= 15 is 0 Å². The lowest BCUT2D eigenvalue weighted by Gasteiger charge is -2.20. The molecular weight excluding hydrogens is 440 g/mol. The Morgan fingerprint density at radius 2 is 1.89 bits per heavy atom. The van der Waals surface area contributed by atoms with Gasteiger partial charge in [0.15, 0.2) is 11.5 Å². The summed E-state index contributed by atoms with van der Waals surface area (Å²) in [5.41, 5.74) is 3.82. The fourth-order valence-corrected chi connectivity index (χ4v) is 5.28. The highest BCUT2D eigenvalue weighted by Gasteiger charge is 2.28. The molecule has 0 spiro atoms. The quantitative estimate of drug-likeness (QED) is 0.440. The molecule has 0 radical (unpaired) electrons. The molecule has 1 fully saturated rings. The Balaban J connectivity index is 1.36. The molecule has 0 unspecified atom stereocenters. The van der Waals surface area contributed by atoms with E-state index in [9.17, 15) is 0 Å². The largest absolute Gasteiger partial charge is 0.476 e. The summed E-state index contributed by atoms with van der Waals surface area (Å²) in [5.74, 6) is 1.62. The van der Waals surface area contributed by atoms with Gasteiger partial charge in [-0.1, -0.05) is 51.8 Å². The fraction of sp³-hybridized carbons (Fsp3) is 0.500. The van der Waals surface area contributed by atoms with E-state index in [0.717, 1.165) is 59.7 Å². The maximum absolute atomic E-state index is 6.17. The van der Waals surface area contributed by atoms with Gasteiger partial charge in [-0.2, -0.15) is 10.1 Å². The number of hydrogen-bond donors (Lipinski definition) is 0. The van der Waals surface area contributed by atoms with Gasteiger partial charge in [-0.15, -0.1) is 5.10 Å². The first kappa shape index (κ1) is 22.2. The summed E-state index contributed by atoms with van der Waals surface area (Å²) in [6, 6.07) is 12.8. The summed E-state index contributed by atoms with van der Waals surface area (Å²) < 4.78 is 10.2. The summed E-state index contributed by atoms with van der Waals surface area (Å²) in [4.78, 5) is 7.36. The minimum atomic E-state index is -0.122. The molecule has 0 bridgehead atoms. The van der Waals surface area contributed by atoms with Gasteiger partial charge in [-0.05, 0) is 41.5 Å². The van der Waals surface area contributed by atoms with Crippen LogP contribution in [-0.2, 0) is 18.5 Å². The molecule has 9 nitrogen and oxygen atoms in total. The third-order valence-electron chi connectivity index (χ3n) is 7.05. The number of rotatable bonds is 4. The van der Waals surface area contributed by atoms with Crippen molar-refractivity contribution in [2.45, 2.75) is 71.0 Å². The van der Waals surface area contributed by atoms with E-state index in [4.69, 9.17) is 14.8 Å². The highest BCUT2D eigenvalue weighted by Crippen LogP contribution is 2.34. The number of para-hydroxylation sites is 1. The minimum absolute atomic E-state index is 0.122. The first-order chi connectivity index (χ1) is 17.0. The summed E-state index contributed by atoms with van der Waals surface area (Å²) in [7, 11) is 0. The van der Waals surface area contributed by atoms with Gasteiger partial charge in [-0.25, -0.2) is 9.36 Å². The Labute approximate surface area is 205 Å². The molecule has 4 heterocycles. The molecule has 0 saturated heterocycles. The fourth-order valence-electron chi connectivity index (χ4n) is 5.28. The molecular formula is C26H32N8O. The second-order valence-corrected chi connectivity index (χ2v) is 10.7. The summed E-state index contributed by atoms with van der Waals surface area (Å²) in [6.45, 7) is 9.38. The zero-order valence-corrected chi connectivity index (χ0v) is 20.7. The second kappa shape index (κ2) is 8.71. The summed E-state index contributed by atoms with van der Waals surface area (Å²) >= 11 is 0. The standard InChI is InChI=1S/C26H32N8O/c1-26(2,3)23-21-15-18-16-32(17-22-28-30-31-33(22)19-11-7-8-12-19)13-14-35-25(18)27-24(21)34(29-23)20-9-5-4-6-10-20/h4-6,9-10,15,19H,7-8,11-14,16-17H2,1-3H3. The predicted octanol–water partition coefficient (Wildman–Crippen LogP) is 4.21. The van der Waals surface area contributed by atoms with Crippen molar-refractivity contribution in [2.24, 2.45) is 0 Å². The normalized spacial score (nSPS) is 17.5. The van der Waals surface area contributed by atoms with E-state index in [1.165, 1.54) is 12.8 Å². The van der Waals surface area contributed by atoms with Crippen LogP contribution in [0.4, 0.5) is 0 Å². The van der Waals surface area contributed by atoms with Crippen LogP contribution in [0.25, 0.3) is 16.7 Å². The van der Waals surface area contributed by atoms with Crippen LogP contribution < -0.4 is 4.74 Å². The van der Waals surface area contributed by atoms with Crippen molar-refractivity contribution < 1.29 is 4.74 Å². The Hall–Kier alpha value is -3.33. The number of fused-ring (bicyclic) bond motifs is 2. The molecule has 0 atom stereocenters. The highest BCUT2D eigenvalue weighted by molar-refractivity contribution is 5.82. The van der Waals surface area contributed by atoms with Crippen LogP contribution in [0.5, 0.6) is 5.88 Å². The smallest absolute Gasteiger partial charge is 0.220 e. The molecule has 2 aliphatic rings. The van der Waals surface area contributed by atoms with E-state index in [2.05, 4.69) is 59.4 Å². The molecule has 182 valence electrons. The van der Waals surface area contributed by atoms with Gasteiger partial charge in [0, 0.05) is 29.5 Å². The topological polar surface area (TPSA) is 86.8 Å².